The molecule has 10 heteroatoms. The number of amides is 1. The van der Waals surface area contributed by atoms with Gasteiger partial charge in [0.25, 0.3) is 0 Å². The third-order valence-electron chi connectivity index (χ3n) is 4.73. The van der Waals surface area contributed by atoms with Gasteiger partial charge in [0, 0.05) is 18.4 Å². The number of ether oxygens (including phenoxy) is 1. The molecule has 3 rings (SSSR count). The molecule has 1 unspecified atom stereocenters. The number of halogens is 4. The fourth-order valence-electron chi connectivity index (χ4n) is 3.35. The molecule has 0 aliphatic carbocycles. The van der Waals surface area contributed by atoms with Gasteiger partial charge in [-0.05, 0) is 57.7 Å². The van der Waals surface area contributed by atoms with Crippen LogP contribution < -0.4 is 5.32 Å². The average molecular weight is 457 g/mol. The van der Waals surface area contributed by atoms with Crippen molar-refractivity contribution in [3.63, 3.8) is 0 Å². The van der Waals surface area contributed by atoms with Gasteiger partial charge in [-0.1, -0.05) is 23.7 Å². The number of anilines is 2. The Morgan fingerprint density at radius 2 is 1.87 bits per heavy atom. The summed E-state index contributed by atoms with van der Waals surface area (Å²) in [6.07, 6.45) is -1.57. The van der Waals surface area contributed by atoms with Crippen molar-refractivity contribution in [3.8, 4) is 0 Å². The number of rotatable bonds is 3. The zero-order valence-corrected chi connectivity index (χ0v) is 18.2. The molecule has 2 heterocycles. The minimum absolute atomic E-state index is 0.0428. The Hall–Kier alpha value is -2.55. The third kappa shape index (κ3) is 6.00. The first-order valence-corrected chi connectivity index (χ1v) is 10.3. The molecule has 1 aliphatic heterocycles. The molecular weight excluding hydrogens is 433 g/mol. The predicted octanol–water partition coefficient (Wildman–Crippen LogP) is 6.35. The number of alkyl halides is 3. The molecule has 1 aliphatic rings. The summed E-state index contributed by atoms with van der Waals surface area (Å²) in [7, 11) is 0. The standard InChI is InChI=1S/C21H24ClF3N4O2/c1-20(2,3)31-19(30)29-11-5-4-6-16(29)13-7-9-14(10-8-13)27-18-26-12-15(17(22)28-18)21(23,24)25/h7-10,12,16H,4-6,11H2,1-3H3,(H,26,27,28). The molecule has 0 radical (unpaired) electrons. The number of hydrogen-bond acceptors (Lipinski definition) is 5. The highest BCUT2D eigenvalue weighted by molar-refractivity contribution is 6.30. The Morgan fingerprint density at radius 3 is 2.45 bits per heavy atom. The first kappa shape index (κ1) is 23.1. The molecule has 1 atom stereocenters. The normalized spacial score (nSPS) is 17.4. The molecule has 0 saturated carbocycles. The number of nitrogens with zero attached hydrogens (tertiary/aromatic N) is 3. The van der Waals surface area contributed by atoms with E-state index >= 15 is 0 Å². The van der Waals surface area contributed by atoms with Crippen LogP contribution in [0.2, 0.25) is 5.15 Å². The number of likely N-dealkylation sites (tertiary alicyclic amines) is 1. The molecule has 0 bridgehead atoms. The minimum Gasteiger partial charge on any atom is -0.444 e. The molecule has 1 saturated heterocycles. The minimum atomic E-state index is -4.61. The molecule has 168 valence electrons. The van der Waals surface area contributed by atoms with Crippen LogP contribution in [0.5, 0.6) is 0 Å². The summed E-state index contributed by atoms with van der Waals surface area (Å²) in [6, 6.07) is 7.13. The van der Waals surface area contributed by atoms with Crippen molar-refractivity contribution < 1.29 is 22.7 Å². The number of nitrogens with one attached hydrogen (secondary N) is 1. The molecule has 1 amide bonds. The van der Waals surface area contributed by atoms with Crippen molar-refractivity contribution in [2.45, 2.75) is 57.9 Å². The average Bonchev–Trinajstić information content (AvgIpc) is 2.66. The molecule has 0 spiro atoms. The van der Waals surface area contributed by atoms with Gasteiger partial charge in [-0.2, -0.15) is 13.2 Å². The van der Waals surface area contributed by atoms with E-state index in [1.54, 1.807) is 17.0 Å². The smallest absolute Gasteiger partial charge is 0.420 e. The second-order valence-electron chi connectivity index (χ2n) is 8.33. The van der Waals surface area contributed by atoms with Gasteiger partial charge in [0.05, 0.1) is 6.04 Å². The van der Waals surface area contributed by atoms with Crippen LogP contribution in [0.1, 0.15) is 57.2 Å². The summed E-state index contributed by atoms with van der Waals surface area (Å²) in [4.78, 5) is 21.7. The number of piperidine rings is 1. The van der Waals surface area contributed by atoms with Crippen LogP contribution in [0.4, 0.5) is 29.6 Å². The number of carbonyl (C=O) groups excluding carboxylic acids is 1. The zero-order chi connectivity index (χ0) is 22.8. The van der Waals surface area contributed by atoms with E-state index < -0.39 is 22.5 Å². The molecular formula is C21H24ClF3N4O2. The third-order valence-corrected chi connectivity index (χ3v) is 5.02. The lowest BCUT2D eigenvalue weighted by Crippen LogP contribution is -2.41. The van der Waals surface area contributed by atoms with Gasteiger partial charge in [0.2, 0.25) is 5.95 Å². The summed E-state index contributed by atoms with van der Waals surface area (Å²) in [5.41, 5.74) is -0.133. The van der Waals surface area contributed by atoms with E-state index in [-0.39, 0.29) is 18.1 Å². The monoisotopic (exact) mass is 456 g/mol. The van der Waals surface area contributed by atoms with Gasteiger partial charge in [-0.3, -0.25) is 0 Å². The van der Waals surface area contributed by atoms with E-state index in [9.17, 15) is 18.0 Å². The van der Waals surface area contributed by atoms with Crippen molar-refractivity contribution >= 4 is 29.3 Å². The second kappa shape index (κ2) is 8.90. The molecule has 1 fully saturated rings. The van der Waals surface area contributed by atoms with E-state index in [0.29, 0.717) is 18.4 Å². The molecule has 2 aromatic rings. The number of hydrogen-bond donors (Lipinski definition) is 1. The highest BCUT2D eigenvalue weighted by Crippen LogP contribution is 2.35. The molecule has 1 aromatic carbocycles. The molecule has 1 N–H and O–H groups in total. The number of benzene rings is 1. The molecule has 1 aromatic heterocycles. The largest absolute Gasteiger partial charge is 0.444 e. The van der Waals surface area contributed by atoms with Crippen LogP contribution in [0.25, 0.3) is 0 Å². The maximum absolute atomic E-state index is 12.8. The first-order valence-electron chi connectivity index (χ1n) is 9.90. The van der Waals surface area contributed by atoms with Gasteiger partial charge in [-0.15, -0.1) is 0 Å². The number of aromatic nitrogens is 2. The fraction of sp³-hybridized carbons (Fsp3) is 0.476. The highest BCUT2D eigenvalue weighted by atomic mass is 35.5. The van der Waals surface area contributed by atoms with E-state index in [1.807, 2.05) is 32.9 Å². The summed E-state index contributed by atoms with van der Waals surface area (Å²) in [5, 5.41) is 2.17. The van der Waals surface area contributed by atoms with Crippen LogP contribution >= 0.6 is 11.6 Å². The van der Waals surface area contributed by atoms with Gasteiger partial charge in [-0.25, -0.2) is 14.8 Å². The Morgan fingerprint density at radius 1 is 1.19 bits per heavy atom. The topological polar surface area (TPSA) is 67.3 Å². The Kier molecular flexibility index (Phi) is 6.64. The first-order chi connectivity index (χ1) is 14.4. The van der Waals surface area contributed by atoms with Crippen molar-refractivity contribution in [2.75, 3.05) is 11.9 Å². The van der Waals surface area contributed by atoms with Crippen molar-refractivity contribution in [1.29, 1.82) is 0 Å². The lowest BCUT2D eigenvalue weighted by Gasteiger charge is -2.37. The van der Waals surface area contributed by atoms with Crippen LogP contribution in [-0.2, 0) is 10.9 Å². The van der Waals surface area contributed by atoms with Crippen molar-refractivity contribution in [2.24, 2.45) is 0 Å². The van der Waals surface area contributed by atoms with Crippen LogP contribution in [0.3, 0.4) is 0 Å². The fourth-order valence-corrected chi connectivity index (χ4v) is 3.58. The van der Waals surface area contributed by atoms with E-state index in [1.165, 1.54) is 0 Å². The number of carbonyl (C=O) groups is 1. The van der Waals surface area contributed by atoms with Crippen LogP contribution in [0.15, 0.2) is 30.5 Å². The lowest BCUT2D eigenvalue weighted by molar-refractivity contribution is -0.137. The highest BCUT2D eigenvalue weighted by Gasteiger charge is 2.35. The molecule has 31 heavy (non-hydrogen) atoms. The zero-order valence-electron chi connectivity index (χ0n) is 17.5. The van der Waals surface area contributed by atoms with Crippen molar-refractivity contribution in [3.05, 3.63) is 46.7 Å². The van der Waals surface area contributed by atoms with Gasteiger partial charge in [0.1, 0.15) is 16.3 Å². The Labute approximate surface area is 183 Å². The van der Waals surface area contributed by atoms with Crippen molar-refractivity contribution in [1.82, 2.24) is 14.9 Å². The summed E-state index contributed by atoms with van der Waals surface area (Å²) in [5.74, 6) is -0.0428. The summed E-state index contributed by atoms with van der Waals surface area (Å²) in [6.45, 7) is 6.12. The van der Waals surface area contributed by atoms with Gasteiger partial charge < -0.3 is 15.0 Å². The SMILES string of the molecule is CC(C)(C)OC(=O)N1CCCCC1c1ccc(Nc2ncc(C(F)(F)F)c(Cl)n2)cc1. The second-order valence-corrected chi connectivity index (χ2v) is 8.69. The van der Waals surface area contributed by atoms with Gasteiger partial charge in [0.15, 0.2) is 0 Å². The summed E-state index contributed by atoms with van der Waals surface area (Å²) >= 11 is 5.64. The Bertz CT molecular complexity index is 930. The lowest BCUT2D eigenvalue weighted by atomic mass is 9.95. The van der Waals surface area contributed by atoms with E-state index in [2.05, 4.69) is 15.3 Å². The molecule has 6 nitrogen and oxygen atoms in total. The summed E-state index contributed by atoms with van der Waals surface area (Å²) < 4.78 is 43.9. The van der Waals surface area contributed by atoms with Crippen LogP contribution in [0, 0.1) is 0 Å². The maximum atomic E-state index is 12.8. The van der Waals surface area contributed by atoms with Crippen LogP contribution in [-0.4, -0.2) is 33.1 Å². The maximum Gasteiger partial charge on any atom is 0.420 e. The van der Waals surface area contributed by atoms with E-state index in [4.69, 9.17) is 16.3 Å². The van der Waals surface area contributed by atoms with E-state index in [0.717, 1.165) is 24.8 Å². The quantitative estimate of drug-likeness (QED) is 0.545. The van der Waals surface area contributed by atoms with Gasteiger partial charge >= 0.3 is 12.3 Å². The predicted molar refractivity (Wildman–Crippen MR) is 111 cm³/mol. The Balaban J connectivity index is 1.73.